The molecule has 1 aliphatic heterocycles. The molecule has 134 valence electrons. The van der Waals surface area contributed by atoms with Gasteiger partial charge in [-0.1, -0.05) is 18.6 Å². The lowest BCUT2D eigenvalue weighted by Crippen LogP contribution is -2.24. The molecule has 0 aliphatic carbocycles. The highest BCUT2D eigenvalue weighted by molar-refractivity contribution is 14.1. The van der Waals surface area contributed by atoms with Crippen LogP contribution >= 0.6 is 33.9 Å². The number of anilines is 1. The summed E-state index contributed by atoms with van der Waals surface area (Å²) in [7, 11) is 0. The summed E-state index contributed by atoms with van der Waals surface area (Å²) >= 11 is 3.51. The third-order valence-corrected chi connectivity index (χ3v) is 6.86. The zero-order chi connectivity index (χ0) is 18.3. The molecule has 26 heavy (non-hydrogen) atoms. The van der Waals surface area contributed by atoms with E-state index in [1.54, 1.807) is 4.57 Å². The van der Waals surface area contributed by atoms with Crippen LogP contribution in [0.4, 0.5) is 5.69 Å². The number of thiophene rings is 1. The first-order valence-electron chi connectivity index (χ1n) is 8.65. The van der Waals surface area contributed by atoms with E-state index in [0.29, 0.717) is 15.1 Å². The molecule has 0 spiro atoms. The predicted octanol–water partition coefficient (Wildman–Crippen LogP) is 4.35. The summed E-state index contributed by atoms with van der Waals surface area (Å²) < 4.78 is 2.78. The van der Waals surface area contributed by atoms with E-state index in [1.165, 1.54) is 11.3 Å². The van der Waals surface area contributed by atoms with E-state index in [0.717, 1.165) is 52.9 Å². The van der Waals surface area contributed by atoms with Crippen LogP contribution in [0.15, 0.2) is 29.1 Å². The normalized spacial score (nSPS) is 14.1. The van der Waals surface area contributed by atoms with E-state index < -0.39 is 0 Å². The van der Waals surface area contributed by atoms with Gasteiger partial charge in [-0.25, -0.2) is 4.98 Å². The second-order valence-corrected chi connectivity index (χ2v) is 8.63. The average molecular weight is 479 g/mol. The van der Waals surface area contributed by atoms with Gasteiger partial charge in [0, 0.05) is 16.5 Å². The molecule has 2 aromatic heterocycles. The Morgan fingerprint density at radius 1 is 1.27 bits per heavy atom. The second-order valence-electron chi connectivity index (χ2n) is 6.47. The Kier molecular flexibility index (Phi) is 4.83. The lowest BCUT2D eigenvalue weighted by atomic mass is 10.2. The molecule has 0 radical (unpaired) electrons. The number of nitrogens with one attached hydrogen (secondary N) is 1. The highest BCUT2D eigenvalue weighted by Crippen LogP contribution is 2.29. The smallest absolute Gasteiger partial charge is 0.266 e. The maximum absolute atomic E-state index is 13.0. The molecule has 0 fully saturated rings. The number of rotatable bonds is 2. The van der Waals surface area contributed by atoms with Gasteiger partial charge in [0.1, 0.15) is 10.7 Å². The van der Waals surface area contributed by atoms with Crippen molar-refractivity contribution in [1.82, 2.24) is 9.55 Å². The monoisotopic (exact) mass is 479 g/mol. The van der Waals surface area contributed by atoms with Crippen LogP contribution in [0.1, 0.15) is 40.3 Å². The number of aryl methyl sites for hydroxylation is 2. The van der Waals surface area contributed by atoms with Crippen molar-refractivity contribution in [2.45, 2.75) is 39.2 Å². The highest BCUT2D eigenvalue weighted by Gasteiger charge is 2.22. The van der Waals surface area contributed by atoms with E-state index in [-0.39, 0.29) is 11.5 Å². The van der Waals surface area contributed by atoms with Gasteiger partial charge in [-0.15, -0.1) is 11.3 Å². The van der Waals surface area contributed by atoms with Gasteiger partial charge in [0.2, 0.25) is 0 Å². The Balaban J connectivity index is 1.78. The van der Waals surface area contributed by atoms with E-state index in [9.17, 15) is 9.59 Å². The number of halogens is 1. The van der Waals surface area contributed by atoms with Gasteiger partial charge >= 0.3 is 0 Å². The summed E-state index contributed by atoms with van der Waals surface area (Å²) in [5, 5.41) is 3.55. The molecule has 0 bridgehead atoms. The topological polar surface area (TPSA) is 64.0 Å². The summed E-state index contributed by atoms with van der Waals surface area (Å²) in [5.74, 6) is 0.667. The van der Waals surface area contributed by atoms with Crippen molar-refractivity contribution >= 4 is 55.7 Å². The van der Waals surface area contributed by atoms with Crippen LogP contribution in [0, 0.1) is 10.5 Å². The number of carbonyl (C=O) groups is 1. The molecule has 0 saturated heterocycles. The molecule has 7 heteroatoms. The maximum atomic E-state index is 13.0. The maximum Gasteiger partial charge on any atom is 0.266 e. The minimum Gasteiger partial charge on any atom is -0.320 e. The van der Waals surface area contributed by atoms with Crippen LogP contribution in [0.2, 0.25) is 0 Å². The molecule has 4 rings (SSSR count). The van der Waals surface area contributed by atoms with Gasteiger partial charge < -0.3 is 5.32 Å². The van der Waals surface area contributed by atoms with Crippen molar-refractivity contribution in [1.29, 1.82) is 0 Å². The average Bonchev–Trinajstić information content (AvgIpc) is 2.80. The minimum atomic E-state index is -0.186. The van der Waals surface area contributed by atoms with E-state index in [4.69, 9.17) is 4.98 Å². The van der Waals surface area contributed by atoms with Gasteiger partial charge in [0.05, 0.1) is 16.0 Å². The van der Waals surface area contributed by atoms with Gasteiger partial charge in [0.15, 0.2) is 0 Å². The van der Waals surface area contributed by atoms with Crippen molar-refractivity contribution < 1.29 is 4.79 Å². The number of hydrogen-bond donors (Lipinski definition) is 1. The summed E-state index contributed by atoms with van der Waals surface area (Å²) in [6.45, 7) is 2.56. The number of para-hydroxylation sites is 1. The van der Waals surface area contributed by atoms with Crippen LogP contribution in [0.5, 0.6) is 0 Å². The molecule has 1 N–H and O–H groups in total. The van der Waals surface area contributed by atoms with Crippen LogP contribution < -0.4 is 10.9 Å². The van der Waals surface area contributed by atoms with Gasteiger partial charge in [0.25, 0.3) is 11.5 Å². The largest absolute Gasteiger partial charge is 0.320 e. The number of hydrogen-bond acceptors (Lipinski definition) is 4. The van der Waals surface area contributed by atoms with Crippen molar-refractivity contribution in [3.63, 3.8) is 0 Å². The zero-order valence-electron chi connectivity index (χ0n) is 14.3. The lowest BCUT2D eigenvalue weighted by molar-refractivity contribution is 0.103. The molecule has 3 heterocycles. The zero-order valence-corrected chi connectivity index (χ0v) is 17.3. The summed E-state index contributed by atoms with van der Waals surface area (Å²) in [4.78, 5) is 31.8. The van der Waals surface area contributed by atoms with Crippen molar-refractivity contribution in [3.8, 4) is 0 Å². The van der Waals surface area contributed by atoms with E-state index >= 15 is 0 Å². The molecule has 1 amide bonds. The quantitative estimate of drug-likeness (QED) is 0.556. The number of nitrogens with zero attached hydrogens (tertiary/aromatic N) is 2. The van der Waals surface area contributed by atoms with Gasteiger partial charge in [-0.2, -0.15) is 0 Å². The molecular formula is C19H18IN3O2S. The van der Waals surface area contributed by atoms with E-state index in [1.807, 2.05) is 31.2 Å². The van der Waals surface area contributed by atoms with Crippen LogP contribution in [-0.2, 0) is 13.0 Å². The van der Waals surface area contributed by atoms with Crippen molar-refractivity contribution in [2.24, 2.45) is 0 Å². The fraction of sp³-hybridized carbons (Fsp3) is 0.316. The van der Waals surface area contributed by atoms with Crippen LogP contribution in [-0.4, -0.2) is 15.5 Å². The lowest BCUT2D eigenvalue weighted by Gasteiger charge is -2.08. The molecule has 0 saturated carbocycles. The number of aromatic nitrogens is 2. The Labute approximate surface area is 168 Å². The SMILES string of the molecule is Cc1c(C(=O)Nc2ccccc2I)sc2nc3n(c(=O)c12)CCCCC3. The molecular weight excluding hydrogens is 461 g/mol. The Hall–Kier alpha value is -1.74. The summed E-state index contributed by atoms with van der Waals surface area (Å²) in [6, 6.07) is 7.64. The first kappa shape index (κ1) is 17.7. The molecule has 5 nitrogen and oxygen atoms in total. The second kappa shape index (κ2) is 7.11. The molecule has 0 unspecified atom stereocenters. The van der Waals surface area contributed by atoms with Crippen LogP contribution in [0.25, 0.3) is 10.2 Å². The number of carbonyl (C=O) groups excluding carboxylic acids is 1. The molecule has 3 aromatic rings. The summed E-state index contributed by atoms with van der Waals surface area (Å²) in [5.41, 5.74) is 1.50. The molecule has 0 atom stereocenters. The number of amides is 1. The third kappa shape index (κ3) is 3.07. The Bertz CT molecular complexity index is 1070. The standard InChI is InChI=1S/C19H18IN3O2S/c1-11-15-18(22-14-9-3-2-6-10-23(14)19(15)25)26-16(11)17(24)21-13-8-5-4-7-12(13)20/h4-5,7-8H,2-3,6,9-10H2,1H3,(H,21,24). The number of fused-ring (bicyclic) bond motifs is 2. The van der Waals surface area contributed by atoms with E-state index in [2.05, 4.69) is 27.9 Å². The van der Waals surface area contributed by atoms with Gasteiger partial charge in [-0.05, 0) is 60.1 Å². The molecule has 1 aromatic carbocycles. The Morgan fingerprint density at radius 3 is 2.88 bits per heavy atom. The number of benzene rings is 1. The Morgan fingerprint density at radius 2 is 2.08 bits per heavy atom. The summed E-state index contributed by atoms with van der Waals surface area (Å²) in [6.07, 6.45) is 4.01. The first-order chi connectivity index (χ1) is 12.6. The van der Waals surface area contributed by atoms with Crippen LogP contribution in [0.3, 0.4) is 0 Å². The minimum absolute atomic E-state index is 0.00556. The fourth-order valence-electron chi connectivity index (χ4n) is 3.37. The van der Waals surface area contributed by atoms with Gasteiger partial charge in [-0.3, -0.25) is 14.2 Å². The highest BCUT2D eigenvalue weighted by atomic mass is 127. The first-order valence-corrected chi connectivity index (χ1v) is 10.5. The third-order valence-electron chi connectivity index (χ3n) is 4.74. The van der Waals surface area contributed by atoms with Crippen molar-refractivity contribution in [2.75, 3.05) is 5.32 Å². The fourth-order valence-corrected chi connectivity index (χ4v) is 4.98. The van der Waals surface area contributed by atoms with Crippen molar-refractivity contribution in [3.05, 3.63) is 54.5 Å². The predicted molar refractivity (Wildman–Crippen MR) is 113 cm³/mol. The molecule has 1 aliphatic rings.